The second-order valence-electron chi connectivity index (χ2n) is 6.46. The highest BCUT2D eigenvalue weighted by Gasteiger charge is 2.36. The van der Waals surface area contributed by atoms with Crippen molar-refractivity contribution in [3.8, 4) is 0 Å². The summed E-state index contributed by atoms with van der Waals surface area (Å²) in [6.07, 6.45) is 3.93. The van der Waals surface area contributed by atoms with Crippen LogP contribution in [0.2, 0.25) is 0 Å². The molecule has 0 heterocycles. The number of hydrogen-bond donors (Lipinski definition) is 0. The van der Waals surface area contributed by atoms with Gasteiger partial charge in [0.2, 0.25) is 0 Å². The molecule has 0 aliphatic carbocycles. The zero-order valence-corrected chi connectivity index (χ0v) is 12.6. The van der Waals surface area contributed by atoms with Gasteiger partial charge in [0, 0.05) is 0 Å². The fourth-order valence-corrected chi connectivity index (χ4v) is 3.39. The Hall–Kier alpha value is 0. The first-order valence-corrected chi connectivity index (χ1v) is 7.11. The zero-order chi connectivity index (χ0) is 12.9. The summed E-state index contributed by atoms with van der Waals surface area (Å²) >= 11 is 0. The molecule has 4 atom stereocenters. The predicted octanol–water partition coefficient (Wildman–Crippen LogP) is 5.58. The van der Waals surface area contributed by atoms with Gasteiger partial charge in [-0.05, 0) is 35.5 Å². The molecule has 0 N–H and O–H groups in total. The van der Waals surface area contributed by atoms with Crippen molar-refractivity contribution >= 4 is 0 Å². The summed E-state index contributed by atoms with van der Waals surface area (Å²) in [6, 6.07) is 0. The van der Waals surface area contributed by atoms with Crippen LogP contribution < -0.4 is 0 Å². The van der Waals surface area contributed by atoms with Gasteiger partial charge >= 0.3 is 0 Å². The molecule has 0 aliphatic rings. The minimum absolute atomic E-state index is 0.494. The molecule has 0 rings (SSSR count). The van der Waals surface area contributed by atoms with Crippen LogP contribution in [-0.4, -0.2) is 0 Å². The van der Waals surface area contributed by atoms with E-state index >= 15 is 0 Å². The van der Waals surface area contributed by atoms with E-state index in [1.807, 2.05) is 0 Å². The molecule has 0 aromatic rings. The Morgan fingerprint density at radius 2 is 1.56 bits per heavy atom. The minimum atomic E-state index is 0.494. The maximum absolute atomic E-state index is 4.23. The lowest BCUT2D eigenvalue weighted by Gasteiger charge is -2.43. The summed E-state index contributed by atoms with van der Waals surface area (Å²) in [5.41, 5.74) is 0.494. The third-order valence-corrected chi connectivity index (χ3v) is 4.55. The van der Waals surface area contributed by atoms with Gasteiger partial charge in [-0.3, -0.25) is 0 Å². The van der Waals surface area contributed by atoms with Crippen molar-refractivity contribution < 1.29 is 0 Å². The van der Waals surface area contributed by atoms with Crippen molar-refractivity contribution in [2.45, 2.75) is 67.7 Å². The van der Waals surface area contributed by atoms with Crippen LogP contribution in [0.3, 0.4) is 0 Å². The third-order valence-electron chi connectivity index (χ3n) is 4.55. The van der Waals surface area contributed by atoms with Gasteiger partial charge in [-0.1, -0.05) is 68.2 Å². The van der Waals surface area contributed by atoms with Crippen molar-refractivity contribution in [1.29, 1.82) is 0 Å². The first kappa shape index (κ1) is 16.0. The molecule has 0 aromatic carbocycles. The summed E-state index contributed by atoms with van der Waals surface area (Å²) in [4.78, 5) is 0. The molecule has 4 unspecified atom stereocenters. The van der Waals surface area contributed by atoms with Crippen molar-refractivity contribution in [3.05, 3.63) is 6.92 Å². The van der Waals surface area contributed by atoms with Crippen LogP contribution in [-0.2, 0) is 0 Å². The van der Waals surface area contributed by atoms with Crippen molar-refractivity contribution in [2.24, 2.45) is 29.1 Å². The fraction of sp³-hybridized carbons (Fsp3) is 0.938. The molecule has 0 aromatic heterocycles. The molecule has 0 amide bonds. The van der Waals surface area contributed by atoms with Crippen LogP contribution in [0, 0.1) is 36.0 Å². The molecule has 0 aliphatic heterocycles. The highest BCUT2D eigenvalue weighted by molar-refractivity contribution is 4.86. The average Bonchev–Trinajstić information content (AvgIpc) is 2.17. The van der Waals surface area contributed by atoms with E-state index in [1.165, 1.54) is 19.3 Å². The molecule has 0 spiro atoms. The maximum atomic E-state index is 4.23. The Labute approximate surface area is 104 Å². The summed E-state index contributed by atoms with van der Waals surface area (Å²) in [5.74, 6) is 2.90. The normalized spacial score (nSPS) is 19.9. The molecule has 0 fully saturated rings. The molecular formula is C16H33. The van der Waals surface area contributed by atoms with Gasteiger partial charge in [-0.2, -0.15) is 0 Å². The van der Waals surface area contributed by atoms with E-state index in [-0.39, 0.29) is 0 Å². The number of hydrogen-bond acceptors (Lipinski definition) is 0. The Morgan fingerprint density at radius 3 is 1.81 bits per heavy atom. The first-order chi connectivity index (χ1) is 7.28. The highest BCUT2D eigenvalue weighted by atomic mass is 14.4. The van der Waals surface area contributed by atoms with Gasteiger partial charge in [0.15, 0.2) is 0 Å². The standard InChI is InChI=1S/C16H33/c1-9-15(14(7)13(5)6)16(8,10-2)11-12(3)4/h12-15H,5,9-11H2,1-4,6-8H3. The van der Waals surface area contributed by atoms with Gasteiger partial charge in [-0.15, -0.1) is 0 Å². The van der Waals surface area contributed by atoms with Crippen molar-refractivity contribution in [2.75, 3.05) is 0 Å². The van der Waals surface area contributed by atoms with Crippen molar-refractivity contribution in [3.63, 3.8) is 0 Å². The van der Waals surface area contributed by atoms with Crippen LogP contribution in [0.5, 0.6) is 0 Å². The highest BCUT2D eigenvalue weighted by Crippen LogP contribution is 2.45. The van der Waals surface area contributed by atoms with Crippen LogP contribution in [0.25, 0.3) is 0 Å². The predicted molar refractivity (Wildman–Crippen MR) is 75.3 cm³/mol. The molecule has 16 heavy (non-hydrogen) atoms. The molecule has 0 nitrogen and oxygen atoms in total. The van der Waals surface area contributed by atoms with Crippen LogP contribution in [0.1, 0.15) is 67.7 Å². The molecule has 0 bridgehead atoms. The largest absolute Gasteiger partial charge is 0.0651 e. The smallest absolute Gasteiger partial charge is 0.0295 e. The summed E-state index contributed by atoms with van der Waals surface area (Å²) in [5, 5.41) is 0. The minimum Gasteiger partial charge on any atom is -0.0651 e. The summed E-state index contributed by atoms with van der Waals surface area (Å²) in [6.45, 7) is 20.8. The average molecular weight is 225 g/mol. The Bertz CT molecular complexity index is 180. The van der Waals surface area contributed by atoms with E-state index in [2.05, 4.69) is 55.4 Å². The first-order valence-electron chi connectivity index (χ1n) is 7.11. The molecular weight excluding hydrogens is 192 g/mol. The van der Waals surface area contributed by atoms with Crippen LogP contribution in [0.15, 0.2) is 0 Å². The fourth-order valence-electron chi connectivity index (χ4n) is 3.39. The van der Waals surface area contributed by atoms with Crippen LogP contribution >= 0.6 is 0 Å². The van der Waals surface area contributed by atoms with E-state index in [0.29, 0.717) is 11.3 Å². The summed E-state index contributed by atoms with van der Waals surface area (Å²) in [7, 11) is 0. The second-order valence-corrected chi connectivity index (χ2v) is 6.46. The molecule has 0 saturated heterocycles. The lowest BCUT2D eigenvalue weighted by atomic mass is 9.62. The zero-order valence-electron chi connectivity index (χ0n) is 12.6. The van der Waals surface area contributed by atoms with Gasteiger partial charge in [0.05, 0.1) is 0 Å². The van der Waals surface area contributed by atoms with Crippen molar-refractivity contribution in [1.82, 2.24) is 0 Å². The van der Waals surface area contributed by atoms with E-state index in [1.54, 1.807) is 0 Å². The lowest BCUT2D eigenvalue weighted by Crippen LogP contribution is -2.34. The Kier molecular flexibility index (Phi) is 6.67. The SMILES string of the molecule is [CH2]C(C)C(C)C(CC)C(C)(CC)CC(C)C. The van der Waals surface area contributed by atoms with E-state index in [0.717, 1.165) is 17.8 Å². The van der Waals surface area contributed by atoms with Gasteiger partial charge < -0.3 is 0 Å². The Morgan fingerprint density at radius 1 is 1.06 bits per heavy atom. The maximum Gasteiger partial charge on any atom is -0.0295 e. The molecule has 97 valence electrons. The second kappa shape index (κ2) is 6.67. The quantitative estimate of drug-likeness (QED) is 0.530. The molecule has 0 heteroatoms. The Balaban J connectivity index is 4.86. The third kappa shape index (κ3) is 4.11. The molecule has 0 saturated carbocycles. The van der Waals surface area contributed by atoms with Gasteiger partial charge in [0.1, 0.15) is 0 Å². The topological polar surface area (TPSA) is 0 Å². The van der Waals surface area contributed by atoms with E-state index in [4.69, 9.17) is 0 Å². The lowest BCUT2D eigenvalue weighted by molar-refractivity contribution is 0.0732. The van der Waals surface area contributed by atoms with Crippen LogP contribution in [0.4, 0.5) is 0 Å². The molecule has 1 radical (unpaired) electrons. The number of rotatable bonds is 7. The monoisotopic (exact) mass is 225 g/mol. The van der Waals surface area contributed by atoms with E-state index in [9.17, 15) is 0 Å². The van der Waals surface area contributed by atoms with E-state index < -0.39 is 0 Å². The van der Waals surface area contributed by atoms with Gasteiger partial charge in [-0.25, -0.2) is 0 Å². The summed E-state index contributed by atoms with van der Waals surface area (Å²) < 4.78 is 0. The van der Waals surface area contributed by atoms with Gasteiger partial charge in [0.25, 0.3) is 0 Å².